The maximum absolute atomic E-state index is 13.4. The van der Waals surface area contributed by atoms with E-state index in [0.29, 0.717) is 28.9 Å². The summed E-state index contributed by atoms with van der Waals surface area (Å²) in [4.78, 5) is 24.0. The van der Waals surface area contributed by atoms with E-state index in [1.165, 1.54) is 31.2 Å². The molecule has 7 rings (SSSR count). The number of piperidine rings is 3. The molecule has 1 saturated carbocycles. The second-order valence-electron chi connectivity index (χ2n) is 9.13. The molecule has 4 aliphatic rings. The fourth-order valence-corrected chi connectivity index (χ4v) is 5.23. The zero-order valence-corrected chi connectivity index (χ0v) is 17.4. The molecule has 0 spiro atoms. The third-order valence-corrected chi connectivity index (χ3v) is 7.17. The van der Waals surface area contributed by atoms with E-state index in [9.17, 15) is 4.79 Å². The molecule has 0 radical (unpaired) electrons. The molecule has 2 aromatic heterocycles. The lowest BCUT2D eigenvalue weighted by Crippen LogP contribution is -2.57. The summed E-state index contributed by atoms with van der Waals surface area (Å²) >= 11 is 0. The van der Waals surface area contributed by atoms with Crippen molar-refractivity contribution in [3.63, 3.8) is 0 Å². The molecule has 3 aliphatic heterocycles. The van der Waals surface area contributed by atoms with Crippen LogP contribution in [0.2, 0.25) is 0 Å². The minimum absolute atomic E-state index is 0.0338. The van der Waals surface area contributed by atoms with Crippen molar-refractivity contribution in [3.05, 3.63) is 35.0 Å². The Morgan fingerprint density at radius 1 is 1.23 bits per heavy atom. The molecule has 7 nitrogen and oxygen atoms in total. The first kappa shape index (κ1) is 18.1. The summed E-state index contributed by atoms with van der Waals surface area (Å²) in [7, 11) is 0. The van der Waals surface area contributed by atoms with Gasteiger partial charge in [0.05, 0.1) is 16.6 Å². The SMILES string of the molecule is CCc1[nH]nc(-c2nc3ccc(C4CC4)cc3[nH]2)c1C(=O)NC1CN2CCC1CC2. The van der Waals surface area contributed by atoms with Gasteiger partial charge in [-0.2, -0.15) is 5.10 Å². The van der Waals surface area contributed by atoms with Crippen molar-refractivity contribution in [2.45, 2.75) is 51.0 Å². The van der Waals surface area contributed by atoms with Crippen LogP contribution in [0.5, 0.6) is 0 Å². The summed E-state index contributed by atoms with van der Waals surface area (Å²) in [6, 6.07) is 6.67. The molecule has 30 heavy (non-hydrogen) atoms. The lowest BCUT2D eigenvalue weighted by molar-refractivity contribution is 0.0620. The molecule has 1 aliphatic carbocycles. The van der Waals surface area contributed by atoms with E-state index >= 15 is 0 Å². The summed E-state index contributed by atoms with van der Waals surface area (Å²) < 4.78 is 0. The summed E-state index contributed by atoms with van der Waals surface area (Å²) in [5, 5.41) is 10.9. The minimum Gasteiger partial charge on any atom is -0.348 e. The van der Waals surface area contributed by atoms with Crippen molar-refractivity contribution in [1.29, 1.82) is 0 Å². The Kier molecular flexibility index (Phi) is 4.19. The van der Waals surface area contributed by atoms with Crippen LogP contribution in [0.1, 0.15) is 60.1 Å². The number of nitrogens with one attached hydrogen (secondary N) is 3. The van der Waals surface area contributed by atoms with Crippen LogP contribution in [0.25, 0.3) is 22.6 Å². The Labute approximate surface area is 175 Å². The highest BCUT2D eigenvalue weighted by atomic mass is 16.1. The molecule has 3 aromatic rings. The molecule has 1 atom stereocenters. The Morgan fingerprint density at radius 2 is 2.07 bits per heavy atom. The summed E-state index contributed by atoms with van der Waals surface area (Å²) in [6.07, 6.45) is 5.63. The topological polar surface area (TPSA) is 89.7 Å². The van der Waals surface area contributed by atoms with E-state index in [4.69, 9.17) is 4.98 Å². The number of benzene rings is 1. The summed E-state index contributed by atoms with van der Waals surface area (Å²) in [5.41, 5.74) is 5.42. The average molecular weight is 405 g/mol. The standard InChI is InChI=1S/C23H28N6O/c1-2-16-20(23(30)26-19-12-29-9-7-14(19)8-10-29)21(28-27-16)22-24-17-6-5-15(13-3-4-13)11-18(17)25-22/h5-6,11,13-14,19H,2-4,7-10,12H2,1H3,(H,24,25)(H,26,30)(H,27,28). The monoisotopic (exact) mass is 404 g/mol. The number of H-pyrrole nitrogens is 2. The number of hydrogen-bond acceptors (Lipinski definition) is 4. The largest absolute Gasteiger partial charge is 0.348 e. The smallest absolute Gasteiger partial charge is 0.255 e. The fraction of sp³-hybridized carbons (Fsp3) is 0.522. The minimum atomic E-state index is -0.0338. The predicted molar refractivity (Wildman–Crippen MR) is 115 cm³/mol. The van der Waals surface area contributed by atoms with E-state index in [1.54, 1.807) is 0 Å². The van der Waals surface area contributed by atoms with Crippen LogP contribution >= 0.6 is 0 Å². The lowest BCUT2D eigenvalue weighted by atomic mass is 9.84. The van der Waals surface area contributed by atoms with Crippen molar-refractivity contribution >= 4 is 16.9 Å². The van der Waals surface area contributed by atoms with E-state index in [2.05, 4.69) is 43.6 Å². The van der Waals surface area contributed by atoms with Crippen molar-refractivity contribution in [2.75, 3.05) is 19.6 Å². The Hall–Kier alpha value is -2.67. The fourth-order valence-electron chi connectivity index (χ4n) is 5.23. The van der Waals surface area contributed by atoms with Gasteiger partial charge >= 0.3 is 0 Å². The summed E-state index contributed by atoms with van der Waals surface area (Å²) in [5.74, 6) is 1.91. The van der Waals surface area contributed by atoms with Crippen LogP contribution in [0, 0.1) is 5.92 Å². The third-order valence-electron chi connectivity index (χ3n) is 7.17. The first-order valence-corrected chi connectivity index (χ1v) is 11.3. The molecular weight excluding hydrogens is 376 g/mol. The van der Waals surface area contributed by atoms with Gasteiger partial charge in [-0.25, -0.2) is 4.98 Å². The molecule has 1 unspecified atom stereocenters. The second-order valence-corrected chi connectivity index (χ2v) is 9.13. The van der Waals surface area contributed by atoms with Gasteiger partial charge in [0.1, 0.15) is 5.69 Å². The van der Waals surface area contributed by atoms with Crippen LogP contribution in [0.4, 0.5) is 0 Å². The molecular formula is C23H28N6O. The van der Waals surface area contributed by atoms with Gasteiger partial charge in [0.2, 0.25) is 0 Å². The molecule has 1 aromatic carbocycles. The Bertz CT molecular complexity index is 1100. The Morgan fingerprint density at radius 3 is 2.77 bits per heavy atom. The number of hydrogen-bond donors (Lipinski definition) is 3. The van der Waals surface area contributed by atoms with Gasteiger partial charge in [-0.05, 0) is 74.7 Å². The highest BCUT2D eigenvalue weighted by molar-refractivity contribution is 6.01. The van der Waals surface area contributed by atoms with Crippen LogP contribution in [0.15, 0.2) is 18.2 Å². The quantitative estimate of drug-likeness (QED) is 0.609. The van der Waals surface area contributed by atoms with Gasteiger partial charge in [0.25, 0.3) is 5.91 Å². The van der Waals surface area contributed by atoms with Gasteiger partial charge in [-0.1, -0.05) is 13.0 Å². The van der Waals surface area contributed by atoms with Crippen LogP contribution in [-0.2, 0) is 6.42 Å². The Balaban J connectivity index is 1.32. The zero-order valence-electron chi connectivity index (χ0n) is 17.4. The second kappa shape index (κ2) is 6.94. The van der Waals surface area contributed by atoms with E-state index < -0.39 is 0 Å². The van der Waals surface area contributed by atoms with Crippen molar-refractivity contribution in [1.82, 2.24) is 30.4 Å². The molecule has 2 bridgehead atoms. The highest BCUT2D eigenvalue weighted by Gasteiger charge is 2.36. The number of rotatable bonds is 5. The van der Waals surface area contributed by atoms with E-state index in [1.807, 2.05) is 6.92 Å². The number of imidazole rings is 1. The molecule has 4 fully saturated rings. The number of carbonyl (C=O) groups is 1. The van der Waals surface area contributed by atoms with Crippen molar-refractivity contribution < 1.29 is 4.79 Å². The molecule has 3 N–H and O–H groups in total. The molecule has 3 saturated heterocycles. The van der Waals surface area contributed by atoms with Crippen molar-refractivity contribution in [2.24, 2.45) is 5.92 Å². The van der Waals surface area contributed by atoms with Gasteiger partial charge in [0, 0.05) is 18.3 Å². The number of nitrogens with zero attached hydrogens (tertiary/aromatic N) is 3. The average Bonchev–Trinajstić information content (AvgIpc) is 3.39. The van der Waals surface area contributed by atoms with Gasteiger partial charge in [-0.15, -0.1) is 0 Å². The van der Waals surface area contributed by atoms with Gasteiger partial charge in [0.15, 0.2) is 5.82 Å². The van der Waals surface area contributed by atoms with Crippen molar-refractivity contribution in [3.8, 4) is 11.5 Å². The van der Waals surface area contributed by atoms with Crippen LogP contribution in [-0.4, -0.2) is 56.6 Å². The predicted octanol–water partition coefficient (Wildman–Crippen LogP) is 3.22. The molecule has 5 heterocycles. The first-order valence-electron chi connectivity index (χ1n) is 11.3. The third kappa shape index (κ3) is 3.03. The lowest BCUT2D eigenvalue weighted by Gasteiger charge is -2.44. The number of amides is 1. The number of aryl methyl sites for hydroxylation is 1. The maximum Gasteiger partial charge on any atom is 0.255 e. The van der Waals surface area contributed by atoms with Crippen LogP contribution < -0.4 is 5.32 Å². The summed E-state index contributed by atoms with van der Waals surface area (Å²) in [6.45, 7) is 5.33. The highest BCUT2D eigenvalue weighted by Crippen LogP contribution is 2.41. The normalized spacial score (nSPS) is 25.7. The van der Waals surface area contributed by atoms with Gasteiger partial charge in [-0.3, -0.25) is 9.89 Å². The molecule has 7 heteroatoms. The zero-order chi connectivity index (χ0) is 20.2. The molecule has 1 amide bonds. The molecule has 156 valence electrons. The number of carbonyl (C=O) groups excluding carboxylic acids is 1. The van der Waals surface area contributed by atoms with Crippen LogP contribution in [0.3, 0.4) is 0 Å². The number of aromatic amines is 2. The van der Waals surface area contributed by atoms with E-state index in [-0.39, 0.29) is 11.9 Å². The number of aromatic nitrogens is 4. The maximum atomic E-state index is 13.4. The number of fused-ring (bicyclic) bond motifs is 4. The van der Waals surface area contributed by atoms with E-state index in [0.717, 1.165) is 42.8 Å². The first-order chi connectivity index (χ1) is 14.7. The van der Waals surface area contributed by atoms with Gasteiger partial charge < -0.3 is 15.2 Å².